The van der Waals surface area contributed by atoms with Gasteiger partial charge in [-0.25, -0.2) is 13.1 Å². The van der Waals surface area contributed by atoms with Crippen molar-refractivity contribution in [3.05, 3.63) is 28.2 Å². The second-order valence-corrected chi connectivity index (χ2v) is 6.88. The summed E-state index contributed by atoms with van der Waals surface area (Å²) in [6.45, 7) is 4.32. The molecule has 18 heavy (non-hydrogen) atoms. The fourth-order valence-corrected chi connectivity index (χ4v) is 3.62. The summed E-state index contributed by atoms with van der Waals surface area (Å²) < 4.78 is 27.2. The van der Waals surface area contributed by atoms with Crippen LogP contribution >= 0.6 is 15.9 Å². The van der Waals surface area contributed by atoms with Crippen LogP contribution in [0.4, 0.5) is 0 Å². The minimum absolute atomic E-state index is 0.112. The smallest absolute Gasteiger partial charge is 0.241 e. The molecule has 0 aliphatic rings. The Balaban J connectivity index is 2.91. The van der Waals surface area contributed by atoms with Gasteiger partial charge in [0.15, 0.2) is 0 Å². The van der Waals surface area contributed by atoms with E-state index in [4.69, 9.17) is 5.11 Å². The predicted octanol–water partition coefficient (Wildman–Crippen LogP) is 2.27. The Morgan fingerprint density at radius 2 is 2.11 bits per heavy atom. The highest BCUT2D eigenvalue weighted by molar-refractivity contribution is 9.10. The average molecular weight is 336 g/mol. The zero-order valence-electron chi connectivity index (χ0n) is 10.5. The van der Waals surface area contributed by atoms with Crippen LogP contribution in [0.2, 0.25) is 0 Å². The Labute approximate surface area is 117 Å². The van der Waals surface area contributed by atoms with E-state index in [0.717, 1.165) is 6.42 Å². The maximum atomic E-state index is 12.1. The highest BCUT2D eigenvalue weighted by atomic mass is 79.9. The van der Waals surface area contributed by atoms with Crippen molar-refractivity contribution in [2.24, 2.45) is 5.92 Å². The molecule has 0 saturated carbocycles. The number of halogens is 1. The number of hydrogen-bond acceptors (Lipinski definition) is 3. The van der Waals surface area contributed by atoms with E-state index in [2.05, 4.69) is 20.7 Å². The first kappa shape index (κ1) is 15.6. The highest BCUT2D eigenvalue weighted by Gasteiger charge is 2.18. The summed E-state index contributed by atoms with van der Waals surface area (Å²) in [5, 5.41) is 8.98. The SMILES string of the molecule is CCC(C)CNS(=O)(=O)c1ccc(CO)cc1Br. The highest BCUT2D eigenvalue weighted by Crippen LogP contribution is 2.23. The van der Waals surface area contributed by atoms with E-state index < -0.39 is 10.0 Å². The van der Waals surface area contributed by atoms with E-state index in [1.807, 2.05) is 13.8 Å². The molecule has 0 aliphatic heterocycles. The Bertz CT molecular complexity index is 502. The van der Waals surface area contributed by atoms with Gasteiger partial charge in [-0.15, -0.1) is 0 Å². The number of aliphatic hydroxyl groups excluding tert-OH is 1. The van der Waals surface area contributed by atoms with Crippen LogP contribution in [0.15, 0.2) is 27.6 Å². The molecule has 0 fully saturated rings. The molecule has 0 spiro atoms. The van der Waals surface area contributed by atoms with E-state index in [1.165, 1.54) is 6.07 Å². The Hall–Kier alpha value is -0.430. The van der Waals surface area contributed by atoms with Crippen LogP contribution in [0, 0.1) is 5.92 Å². The topological polar surface area (TPSA) is 66.4 Å². The van der Waals surface area contributed by atoms with Crippen LogP contribution in [0.5, 0.6) is 0 Å². The molecule has 0 heterocycles. The molecule has 1 aromatic carbocycles. The van der Waals surface area contributed by atoms with E-state index in [1.54, 1.807) is 12.1 Å². The summed E-state index contributed by atoms with van der Waals surface area (Å²) in [7, 11) is -3.50. The summed E-state index contributed by atoms with van der Waals surface area (Å²) in [4.78, 5) is 0.197. The molecular weight excluding hydrogens is 318 g/mol. The van der Waals surface area contributed by atoms with Gasteiger partial charge in [0.2, 0.25) is 10.0 Å². The number of aliphatic hydroxyl groups is 1. The molecule has 2 N–H and O–H groups in total. The number of sulfonamides is 1. The van der Waals surface area contributed by atoms with Crippen molar-refractivity contribution in [2.45, 2.75) is 31.8 Å². The monoisotopic (exact) mass is 335 g/mol. The normalized spacial score (nSPS) is 13.6. The summed E-state index contributed by atoms with van der Waals surface area (Å²) >= 11 is 3.22. The lowest BCUT2D eigenvalue weighted by Crippen LogP contribution is -2.28. The van der Waals surface area contributed by atoms with Gasteiger partial charge in [-0.05, 0) is 39.5 Å². The maximum absolute atomic E-state index is 12.1. The van der Waals surface area contributed by atoms with Crippen LogP contribution in [0.3, 0.4) is 0 Å². The standard InChI is InChI=1S/C12H18BrNO3S/c1-3-9(2)7-14-18(16,17)12-5-4-10(8-15)6-11(12)13/h4-6,9,14-15H,3,7-8H2,1-2H3. The van der Waals surface area contributed by atoms with Crippen LogP contribution in [-0.4, -0.2) is 20.1 Å². The lowest BCUT2D eigenvalue weighted by Gasteiger charge is -2.12. The zero-order chi connectivity index (χ0) is 13.8. The molecule has 0 amide bonds. The van der Waals surface area contributed by atoms with Crippen LogP contribution in [0.1, 0.15) is 25.8 Å². The first-order valence-corrected chi connectivity index (χ1v) is 8.07. The van der Waals surface area contributed by atoms with Gasteiger partial charge in [-0.2, -0.15) is 0 Å². The molecule has 1 rings (SSSR count). The molecule has 102 valence electrons. The van der Waals surface area contributed by atoms with Gasteiger partial charge in [0.25, 0.3) is 0 Å². The molecule has 4 nitrogen and oxygen atoms in total. The number of nitrogens with one attached hydrogen (secondary N) is 1. The quantitative estimate of drug-likeness (QED) is 0.837. The van der Waals surface area contributed by atoms with Crippen molar-refractivity contribution in [3.63, 3.8) is 0 Å². The van der Waals surface area contributed by atoms with Gasteiger partial charge in [0, 0.05) is 11.0 Å². The fraction of sp³-hybridized carbons (Fsp3) is 0.500. The van der Waals surface area contributed by atoms with Gasteiger partial charge in [-0.1, -0.05) is 26.3 Å². The molecular formula is C12H18BrNO3S. The van der Waals surface area contributed by atoms with Crippen molar-refractivity contribution in [1.29, 1.82) is 0 Å². The number of benzene rings is 1. The van der Waals surface area contributed by atoms with Gasteiger partial charge in [0.1, 0.15) is 0 Å². The van der Waals surface area contributed by atoms with Gasteiger partial charge in [0.05, 0.1) is 11.5 Å². The van der Waals surface area contributed by atoms with E-state index >= 15 is 0 Å². The largest absolute Gasteiger partial charge is 0.392 e. The molecule has 0 aliphatic carbocycles. The molecule has 1 aromatic rings. The van der Waals surface area contributed by atoms with Crippen molar-refractivity contribution < 1.29 is 13.5 Å². The molecule has 0 saturated heterocycles. The average Bonchev–Trinajstić information content (AvgIpc) is 2.35. The van der Waals surface area contributed by atoms with Gasteiger partial charge >= 0.3 is 0 Å². The van der Waals surface area contributed by atoms with E-state index in [-0.39, 0.29) is 11.5 Å². The Kier molecular flexibility index (Phi) is 5.78. The molecule has 0 bridgehead atoms. The summed E-state index contributed by atoms with van der Waals surface area (Å²) in [6, 6.07) is 4.70. The third-order valence-electron chi connectivity index (χ3n) is 2.79. The lowest BCUT2D eigenvalue weighted by molar-refractivity contribution is 0.281. The molecule has 6 heteroatoms. The number of hydrogen-bond donors (Lipinski definition) is 2. The second-order valence-electron chi connectivity index (χ2n) is 4.29. The lowest BCUT2D eigenvalue weighted by atomic mass is 10.1. The molecule has 1 unspecified atom stereocenters. The zero-order valence-corrected chi connectivity index (χ0v) is 12.9. The van der Waals surface area contributed by atoms with E-state index in [0.29, 0.717) is 22.5 Å². The van der Waals surface area contributed by atoms with E-state index in [9.17, 15) is 8.42 Å². The Morgan fingerprint density at radius 3 is 2.61 bits per heavy atom. The molecule has 1 atom stereocenters. The third kappa shape index (κ3) is 4.05. The first-order valence-electron chi connectivity index (χ1n) is 5.79. The first-order chi connectivity index (χ1) is 8.40. The summed E-state index contributed by atoms with van der Waals surface area (Å²) in [5.41, 5.74) is 0.669. The maximum Gasteiger partial charge on any atom is 0.241 e. The Morgan fingerprint density at radius 1 is 1.44 bits per heavy atom. The minimum Gasteiger partial charge on any atom is -0.392 e. The van der Waals surface area contributed by atoms with Gasteiger partial charge in [-0.3, -0.25) is 0 Å². The number of rotatable bonds is 6. The minimum atomic E-state index is -3.50. The third-order valence-corrected chi connectivity index (χ3v) is 5.19. The van der Waals surface area contributed by atoms with Crippen molar-refractivity contribution >= 4 is 26.0 Å². The summed E-state index contributed by atoms with van der Waals surface area (Å²) in [5.74, 6) is 0.301. The van der Waals surface area contributed by atoms with Crippen LogP contribution in [-0.2, 0) is 16.6 Å². The second kappa shape index (κ2) is 6.65. The van der Waals surface area contributed by atoms with Gasteiger partial charge < -0.3 is 5.11 Å². The molecule has 0 radical (unpaired) electrons. The fourth-order valence-electron chi connectivity index (χ4n) is 1.33. The van der Waals surface area contributed by atoms with Crippen molar-refractivity contribution in [3.8, 4) is 0 Å². The van der Waals surface area contributed by atoms with Crippen LogP contribution < -0.4 is 4.72 Å². The molecule has 0 aromatic heterocycles. The summed E-state index contributed by atoms with van der Waals surface area (Å²) in [6.07, 6.45) is 0.924. The predicted molar refractivity (Wildman–Crippen MR) is 74.7 cm³/mol. The van der Waals surface area contributed by atoms with Crippen LogP contribution in [0.25, 0.3) is 0 Å². The van der Waals surface area contributed by atoms with Crippen molar-refractivity contribution in [1.82, 2.24) is 4.72 Å². The van der Waals surface area contributed by atoms with Crippen molar-refractivity contribution in [2.75, 3.05) is 6.54 Å².